The standard InChI is InChI=1S/C12H17NO2S3/c1-10-4-6-12(7-5-10)18(14,15)13-17-9-3-8-16-11(17)2/h4-7,11H,3,8-9H2,1-2H3. The first-order valence-corrected chi connectivity index (χ1v) is 9.75. The van der Waals surface area contributed by atoms with E-state index in [0.29, 0.717) is 9.48 Å². The molecule has 2 unspecified atom stereocenters. The monoisotopic (exact) mass is 303 g/mol. The lowest BCUT2D eigenvalue weighted by Gasteiger charge is -2.29. The van der Waals surface area contributed by atoms with Gasteiger partial charge < -0.3 is 4.13 Å². The third kappa shape index (κ3) is 3.44. The molecule has 1 aromatic carbocycles. The lowest BCUT2D eigenvalue weighted by molar-refractivity contribution is 0.604. The Balaban J connectivity index is 2.13. The summed E-state index contributed by atoms with van der Waals surface area (Å²) in [6, 6.07) is 6.90. The Kier molecular flexibility index (Phi) is 4.64. The van der Waals surface area contributed by atoms with E-state index in [1.807, 2.05) is 30.8 Å². The molecule has 1 aliphatic rings. The van der Waals surface area contributed by atoms with Crippen LogP contribution in [0.5, 0.6) is 0 Å². The summed E-state index contributed by atoms with van der Waals surface area (Å²) in [4.78, 5) is 0.309. The molecule has 0 radical (unpaired) electrons. The summed E-state index contributed by atoms with van der Waals surface area (Å²) in [5.74, 6) is 2.02. The van der Waals surface area contributed by atoms with E-state index in [2.05, 4.69) is 11.1 Å². The van der Waals surface area contributed by atoms with Crippen molar-refractivity contribution in [2.45, 2.75) is 29.7 Å². The van der Waals surface area contributed by atoms with Crippen LogP contribution in [0.2, 0.25) is 0 Å². The van der Waals surface area contributed by atoms with Gasteiger partial charge in [-0.3, -0.25) is 0 Å². The Bertz CT molecular complexity index is 499. The molecular weight excluding hydrogens is 286 g/mol. The second-order valence-corrected chi connectivity index (χ2v) is 9.94. The zero-order valence-electron chi connectivity index (χ0n) is 10.5. The Hall–Kier alpha value is -0.170. The molecule has 1 saturated heterocycles. The van der Waals surface area contributed by atoms with Gasteiger partial charge in [-0.05, 0) is 26.0 Å². The van der Waals surface area contributed by atoms with Gasteiger partial charge in [-0.1, -0.05) is 28.8 Å². The molecule has 0 saturated carbocycles. The molecule has 0 bridgehead atoms. The van der Waals surface area contributed by atoms with Crippen LogP contribution >= 0.6 is 11.8 Å². The molecule has 0 aromatic heterocycles. The third-order valence-corrected chi connectivity index (χ3v) is 8.71. The van der Waals surface area contributed by atoms with E-state index in [4.69, 9.17) is 0 Å². The van der Waals surface area contributed by atoms with Gasteiger partial charge in [-0.2, -0.15) is 0 Å². The lowest BCUT2D eigenvalue weighted by Crippen LogP contribution is -2.25. The molecule has 0 amide bonds. The SMILES string of the molecule is Cc1ccc(S(=O)(=O)[N-][S+]2CCCSC2C)cc1. The Morgan fingerprint density at radius 3 is 2.61 bits per heavy atom. The van der Waals surface area contributed by atoms with Crippen LogP contribution < -0.4 is 0 Å². The number of rotatable bonds is 3. The minimum absolute atomic E-state index is 0.309. The van der Waals surface area contributed by atoms with Crippen LogP contribution in [-0.2, 0) is 21.1 Å². The quantitative estimate of drug-likeness (QED) is 0.806. The Morgan fingerprint density at radius 2 is 2.00 bits per heavy atom. The number of sulfonamides is 1. The molecule has 0 aliphatic carbocycles. The van der Waals surface area contributed by atoms with Crippen LogP contribution in [0.3, 0.4) is 0 Å². The molecule has 3 nitrogen and oxygen atoms in total. The molecule has 1 fully saturated rings. The highest BCUT2D eigenvalue weighted by Crippen LogP contribution is 2.34. The van der Waals surface area contributed by atoms with Crippen LogP contribution in [0.4, 0.5) is 0 Å². The number of hydrogen-bond donors (Lipinski definition) is 0. The van der Waals surface area contributed by atoms with Gasteiger partial charge in [0.2, 0.25) is 0 Å². The predicted octanol–water partition coefficient (Wildman–Crippen LogP) is 3.07. The van der Waals surface area contributed by atoms with E-state index in [9.17, 15) is 8.42 Å². The van der Waals surface area contributed by atoms with Crippen molar-refractivity contribution in [1.82, 2.24) is 0 Å². The van der Waals surface area contributed by atoms with Crippen molar-refractivity contribution in [3.8, 4) is 0 Å². The lowest BCUT2D eigenvalue weighted by atomic mass is 10.2. The molecule has 1 aromatic rings. The molecule has 6 heteroatoms. The maximum Gasteiger partial charge on any atom is 0.149 e. The van der Waals surface area contributed by atoms with Gasteiger partial charge in [0, 0.05) is 12.2 Å². The highest BCUT2D eigenvalue weighted by molar-refractivity contribution is 8.23. The largest absolute Gasteiger partial charge is 0.311 e. The summed E-state index contributed by atoms with van der Waals surface area (Å²) in [5, 5.41) is 0. The summed E-state index contributed by atoms with van der Waals surface area (Å²) >= 11 is 1.45. The summed E-state index contributed by atoms with van der Waals surface area (Å²) in [7, 11) is -3.49. The van der Waals surface area contributed by atoms with Gasteiger partial charge >= 0.3 is 0 Å². The first-order valence-electron chi connectivity index (χ1n) is 5.85. The third-order valence-electron chi connectivity index (χ3n) is 2.75. The van der Waals surface area contributed by atoms with Crippen molar-refractivity contribution in [1.29, 1.82) is 0 Å². The van der Waals surface area contributed by atoms with Crippen molar-refractivity contribution in [3.05, 3.63) is 34.0 Å². The van der Waals surface area contributed by atoms with Crippen molar-refractivity contribution < 1.29 is 8.42 Å². The topological polar surface area (TPSA) is 48.2 Å². The van der Waals surface area contributed by atoms with Crippen LogP contribution in [-0.4, -0.2) is 24.5 Å². The van der Waals surface area contributed by atoms with Gasteiger partial charge in [0.05, 0.1) is 10.6 Å². The fraction of sp³-hybridized carbons (Fsp3) is 0.500. The summed E-state index contributed by atoms with van der Waals surface area (Å²) in [6.07, 6.45) is 1.06. The van der Waals surface area contributed by atoms with Crippen molar-refractivity contribution in [3.63, 3.8) is 0 Å². The van der Waals surface area contributed by atoms with Gasteiger partial charge in [-0.15, -0.1) is 11.8 Å². The molecule has 1 aliphatic heterocycles. The van der Waals surface area contributed by atoms with E-state index >= 15 is 0 Å². The molecule has 0 spiro atoms. The molecule has 2 rings (SSSR count). The second kappa shape index (κ2) is 5.86. The van der Waals surface area contributed by atoms with Crippen molar-refractivity contribution in [2.24, 2.45) is 0 Å². The molecule has 1 heterocycles. The summed E-state index contributed by atoms with van der Waals surface area (Å²) in [5.41, 5.74) is 1.05. The Labute approximate surface area is 116 Å². The zero-order valence-corrected chi connectivity index (χ0v) is 12.9. The van der Waals surface area contributed by atoms with E-state index in [1.165, 1.54) is 0 Å². The molecular formula is C12H17NO2S3. The smallest absolute Gasteiger partial charge is 0.149 e. The van der Waals surface area contributed by atoms with Crippen LogP contribution in [0.15, 0.2) is 29.2 Å². The van der Waals surface area contributed by atoms with Crippen LogP contribution in [0, 0.1) is 6.92 Å². The second-order valence-electron chi connectivity index (χ2n) is 4.26. The zero-order chi connectivity index (χ0) is 13.2. The molecule has 0 N–H and O–H groups in total. The van der Waals surface area contributed by atoms with E-state index in [0.717, 1.165) is 23.5 Å². The number of hydrogen-bond acceptors (Lipinski definition) is 3. The normalized spacial score (nSPS) is 25.0. The highest BCUT2D eigenvalue weighted by atomic mass is 32.3. The maximum atomic E-state index is 12.2. The van der Waals surface area contributed by atoms with Crippen LogP contribution in [0.1, 0.15) is 18.9 Å². The maximum absolute atomic E-state index is 12.2. The van der Waals surface area contributed by atoms with Gasteiger partial charge in [0.25, 0.3) is 0 Å². The predicted molar refractivity (Wildman–Crippen MR) is 80.5 cm³/mol. The number of aryl methyl sites for hydroxylation is 1. The van der Waals surface area contributed by atoms with Gasteiger partial charge in [0.15, 0.2) is 0 Å². The van der Waals surface area contributed by atoms with E-state index < -0.39 is 10.0 Å². The number of thioether (sulfide) groups is 1. The van der Waals surface area contributed by atoms with E-state index in [-0.39, 0.29) is 11.1 Å². The average Bonchev–Trinajstić information content (AvgIpc) is 2.32. The summed E-state index contributed by atoms with van der Waals surface area (Å²) in [6.45, 7) is 4.01. The molecule has 100 valence electrons. The van der Waals surface area contributed by atoms with Crippen molar-refractivity contribution >= 4 is 32.9 Å². The average molecular weight is 303 g/mol. The molecule has 2 atom stereocenters. The Morgan fingerprint density at radius 1 is 1.33 bits per heavy atom. The van der Waals surface area contributed by atoms with E-state index in [1.54, 1.807) is 12.1 Å². The fourth-order valence-corrected chi connectivity index (χ4v) is 7.41. The van der Waals surface area contributed by atoms with Crippen LogP contribution in [0.25, 0.3) is 4.13 Å². The first kappa shape index (κ1) is 14.2. The number of nitrogens with zero attached hydrogens (tertiary/aromatic N) is 1. The fourth-order valence-electron chi connectivity index (χ4n) is 1.68. The first-order chi connectivity index (χ1) is 8.49. The minimum atomic E-state index is -3.49. The number of benzene rings is 1. The van der Waals surface area contributed by atoms with Gasteiger partial charge in [0.1, 0.15) is 14.6 Å². The summed E-state index contributed by atoms with van der Waals surface area (Å²) < 4.78 is 28.8. The molecule has 18 heavy (non-hydrogen) atoms. The van der Waals surface area contributed by atoms with Gasteiger partial charge in [-0.25, -0.2) is 8.42 Å². The highest BCUT2D eigenvalue weighted by Gasteiger charge is 2.26. The van der Waals surface area contributed by atoms with Crippen molar-refractivity contribution in [2.75, 3.05) is 11.5 Å². The minimum Gasteiger partial charge on any atom is -0.311 e.